The molecule has 2 aliphatic rings. The maximum atomic E-state index is 14.0. The van der Waals surface area contributed by atoms with Crippen LogP contribution < -0.4 is 10.7 Å². The number of fused-ring (bicyclic) bond motifs is 2. The fourth-order valence-electron chi connectivity index (χ4n) is 5.07. The maximum absolute atomic E-state index is 14.0. The highest BCUT2D eigenvalue weighted by Gasteiger charge is 2.52. The number of hydrogen-bond acceptors (Lipinski definition) is 5. The molecule has 2 aromatic carbocycles. The molecule has 10 heteroatoms. The van der Waals surface area contributed by atoms with E-state index in [4.69, 9.17) is 4.74 Å². The Bertz CT molecular complexity index is 1430. The van der Waals surface area contributed by atoms with Gasteiger partial charge in [0.25, 0.3) is 11.8 Å². The van der Waals surface area contributed by atoms with Crippen LogP contribution in [0.4, 0.5) is 8.78 Å². The summed E-state index contributed by atoms with van der Waals surface area (Å²) in [4.78, 5) is 40.1. The van der Waals surface area contributed by atoms with Gasteiger partial charge in [-0.15, -0.1) is 0 Å². The van der Waals surface area contributed by atoms with Gasteiger partial charge in [0.05, 0.1) is 18.2 Å². The van der Waals surface area contributed by atoms with Crippen molar-refractivity contribution in [1.82, 2.24) is 14.8 Å². The van der Waals surface area contributed by atoms with Crippen LogP contribution in [0.3, 0.4) is 0 Å². The summed E-state index contributed by atoms with van der Waals surface area (Å²) in [5, 5.41) is 13.1. The number of carbonyl (C=O) groups is 2. The summed E-state index contributed by atoms with van der Waals surface area (Å²) in [6.07, 6.45) is 2.19. The number of aromatic nitrogens is 1. The fourth-order valence-corrected chi connectivity index (χ4v) is 5.07. The Balaban J connectivity index is 1.40. The van der Waals surface area contributed by atoms with E-state index in [1.54, 1.807) is 7.05 Å². The molecule has 0 saturated heterocycles. The molecular weight excluding hydrogens is 484 g/mol. The number of ether oxygens (including phenoxy) is 1. The van der Waals surface area contributed by atoms with Crippen LogP contribution in [-0.2, 0) is 23.4 Å². The van der Waals surface area contributed by atoms with Crippen molar-refractivity contribution in [3.8, 4) is 5.75 Å². The van der Waals surface area contributed by atoms with Crippen molar-refractivity contribution >= 4 is 11.8 Å². The van der Waals surface area contributed by atoms with E-state index in [1.165, 1.54) is 21.7 Å². The van der Waals surface area contributed by atoms with Crippen LogP contribution in [-0.4, -0.2) is 46.1 Å². The molecule has 0 atom stereocenters. The summed E-state index contributed by atoms with van der Waals surface area (Å²) in [5.41, 5.74) is -1.17. The lowest BCUT2D eigenvalue weighted by Gasteiger charge is -2.53. The molecule has 2 N–H and O–H groups in total. The van der Waals surface area contributed by atoms with Crippen LogP contribution in [0.2, 0.25) is 0 Å². The number of amides is 2. The Morgan fingerprint density at radius 2 is 1.89 bits per heavy atom. The van der Waals surface area contributed by atoms with Gasteiger partial charge in [-0.3, -0.25) is 14.4 Å². The number of carbonyl (C=O) groups excluding carboxylic acids is 2. The number of nitrogens with one attached hydrogen (secondary N) is 1. The highest BCUT2D eigenvalue weighted by atomic mass is 19.1. The summed E-state index contributed by atoms with van der Waals surface area (Å²) in [7, 11) is 1.59. The van der Waals surface area contributed by atoms with E-state index in [1.807, 2.05) is 30.3 Å². The monoisotopic (exact) mass is 509 g/mol. The Hall–Kier alpha value is -4.05. The van der Waals surface area contributed by atoms with E-state index in [0.717, 1.165) is 11.6 Å². The number of aromatic hydroxyl groups is 1. The number of pyridine rings is 1. The molecule has 1 saturated carbocycles. The van der Waals surface area contributed by atoms with Gasteiger partial charge in [0.1, 0.15) is 17.2 Å². The van der Waals surface area contributed by atoms with Crippen molar-refractivity contribution < 1.29 is 28.2 Å². The van der Waals surface area contributed by atoms with Crippen LogP contribution >= 0.6 is 0 Å². The number of hydrogen-bond donors (Lipinski definition) is 2. The minimum atomic E-state index is -1.00. The average molecular weight is 510 g/mol. The van der Waals surface area contributed by atoms with Gasteiger partial charge in [0.15, 0.2) is 11.4 Å². The predicted molar refractivity (Wildman–Crippen MR) is 129 cm³/mol. The van der Waals surface area contributed by atoms with Crippen molar-refractivity contribution in [2.75, 3.05) is 13.6 Å². The van der Waals surface area contributed by atoms with Crippen LogP contribution in [0.25, 0.3) is 0 Å². The lowest BCUT2D eigenvalue weighted by Crippen LogP contribution is -2.61. The Morgan fingerprint density at radius 3 is 2.59 bits per heavy atom. The second-order valence-corrected chi connectivity index (χ2v) is 9.57. The van der Waals surface area contributed by atoms with Crippen LogP contribution in [0.5, 0.6) is 5.75 Å². The van der Waals surface area contributed by atoms with E-state index >= 15 is 0 Å². The van der Waals surface area contributed by atoms with Gasteiger partial charge in [-0.1, -0.05) is 36.4 Å². The number of nitrogens with zero attached hydrogens (tertiary/aromatic N) is 2. The number of likely N-dealkylation sites (N-methyl/N-ethyl adjacent to an activating group) is 1. The Labute approximate surface area is 211 Å². The second kappa shape index (κ2) is 9.44. The zero-order valence-corrected chi connectivity index (χ0v) is 20.0. The van der Waals surface area contributed by atoms with Gasteiger partial charge in [-0.2, -0.15) is 0 Å². The van der Waals surface area contributed by atoms with Crippen LogP contribution in [0.15, 0.2) is 59.5 Å². The zero-order valence-electron chi connectivity index (χ0n) is 20.0. The minimum Gasteiger partial charge on any atom is -0.503 e. The third-order valence-corrected chi connectivity index (χ3v) is 7.02. The quantitative estimate of drug-likeness (QED) is 0.532. The zero-order chi connectivity index (χ0) is 26.3. The summed E-state index contributed by atoms with van der Waals surface area (Å²) in [6, 6.07) is 12.6. The van der Waals surface area contributed by atoms with E-state index in [0.29, 0.717) is 32.1 Å². The van der Waals surface area contributed by atoms with Crippen molar-refractivity contribution in [2.45, 2.75) is 37.6 Å². The molecule has 0 bridgehead atoms. The predicted octanol–water partition coefficient (Wildman–Crippen LogP) is 2.92. The molecule has 1 aromatic heterocycles. The van der Waals surface area contributed by atoms with E-state index in [2.05, 4.69) is 5.32 Å². The van der Waals surface area contributed by atoms with Gasteiger partial charge < -0.3 is 24.6 Å². The summed E-state index contributed by atoms with van der Waals surface area (Å²) < 4.78 is 34.7. The molecule has 8 nitrogen and oxygen atoms in total. The third kappa shape index (κ3) is 4.48. The smallest absolute Gasteiger partial charge is 0.274 e. The lowest BCUT2D eigenvalue weighted by molar-refractivity contribution is -0.0929. The molecule has 0 unspecified atom stereocenters. The number of halogens is 2. The standard InChI is InChI=1S/C27H25F2N3O5/c1-31-15-27(10-19(11-27)37-14-16-5-3-2-4-6-16)32-13-20(23(33)24(34)22(32)26(31)36)25(35)30-12-17-7-8-18(28)9-21(17)29/h2-9,13,19,34H,10-12,14-15H2,1H3,(H,30,35). The molecule has 5 rings (SSSR count). The second-order valence-electron chi connectivity index (χ2n) is 9.57. The first kappa shape index (κ1) is 24.6. The van der Waals surface area contributed by atoms with Gasteiger partial charge in [0, 0.05) is 38.0 Å². The van der Waals surface area contributed by atoms with Crippen molar-refractivity contribution in [1.29, 1.82) is 0 Å². The Morgan fingerprint density at radius 1 is 1.16 bits per heavy atom. The number of benzene rings is 2. The van der Waals surface area contributed by atoms with Gasteiger partial charge in [-0.25, -0.2) is 8.78 Å². The normalized spacial score (nSPS) is 20.5. The molecule has 2 heterocycles. The molecule has 37 heavy (non-hydrogen) atoms. The topological polar surface area (TPSA) is 101 Å². The molecule has 1 aliphatic carbocycles. The van der Waals surface area contributed by atoms with Crippen LogP contribution in [0.1, 0.15) is 44.8 Å². The van der Waals surface area contributed by atoms with E-state index in [-0.39, 0.29) is 29.5 Å². The lowest BCUT2D eigenvalue weighted by atomic mass is 9.72. The van der Waals surface area contributed by atoms with Crippen molar-refractivity contribution in [3.05, 3.63) is 99.0 Å². The van der Waals surface area contributed by atoms with E-state index < -0.39 is 40.2 Å². The molecule has 1 aliphatic heterocycles. The van der Waals surface area contributed by atoms with Gasteiger partial charge in [0.2, 0.25) is 5.43 Å². The largest absolute Gasteiger partial charge is 0.503 e. The molecule has 192 valence electrons. The molecule has 1 fully saturated rings. The maximum Gasteiger partial charge on any atom is 0.274 e. The molecular formula is C27H25F2N3O5. The molecule has 1 spiro atoms. The van der Waals surface area contributed by atoms with Gasteiger partial charge in [-0.05, 0) is 24.5 Å². The first-order chi connectivity index (χ1) is 17.7. The summed E-state index contributed by atoms with van der Waals surface area (Å²) in [5.74, 6) is -3.79. The highest BCUT2D eigenvalue weighted by molar-refractivity contribution is 5.99. The van der Waals surface area contributed by atoms with Crippen LogP contribution in [0, 0.1) is 11.6 Å². The van der Waals surface area contributed by atoms with Crippen molar-refractivity contribution in [3.63, 3.8) is 0 Å². The Kier molecular flexibility index (Phi) is 6.28. The highest BCUT2D eigenvalue weighted by Crippen LogP contribution is 2.46. The molecule has 2 amide bonds. The minimum absolute atomic E-state index is 0.0303. The summed E-state index contributed by atoms with van der Waals surface area (Å²) in [6.45, 7) is 0.440. The number of rotatable bonds is 6. The van der Waals surface area contributed by atoms with E-state index in [9.17, 15) is 28.3 Å². The first-order valence-corrected chi connectivity index (χ1v) is 11.8. The first-order valence-electron chi connectivity index (χ1n) is 11.8. The summed E-state index contributed by atoms with van der Waals surface area (Å²) >= 11 is 0. The van der Waals surface area contributed by atoms with Crippen molar-refractivity contribution in [2.24, 2.45) is 0 Å². The van der Waals surface area contributed by atoms with Gasteiger partial charge >= 0.3 is 0 Å². The SMILES string of the molecule is CN1CC2(CC(OCc3ccccc3)C2)n2cc(C(=O)NCc3ccc(F)cc3F)c(=O)c(O)c2C1=O. The molecule has 3 aromatic rings. The molecule has 0 radical (unpaired) electrons. The fraction of sp³-hybridized carbons (Fsp3) is 0.296. The average Bonchev–Trinajstić information content (AvgIpc) is 2.85. The third-order valence-electron chi connectivity index (χ3n) is 7.02.